The number of rotatable bonds is 4. The van der Waals surface area contributed by atoms with Gasteiger partial charge in [0.15, 0.2) is 5.69 Å². The Morgan fingerprint density at radius 1 is 1.46 bits per heavy atom. The summed E-state index contributed by atoms with van der Waals surface area (Å²) in [4.78, 5) is 16.5. The first-order valence-electron chi connectivity index (χ1n) is 8.53. The predicted molar refractivity (Wildman–Crippen MR) is 96.8 cm³/mol. The van der Waals surface area contributed by atoms with Crippen molar-refractivity contribution in [1.29, 1.82) is 0 Å². The minimum Gasteiger partial charge on any atom is -0.469 e. The van der Waals surface area contributed by atoms with E-state index >= 15 is 0 Å². The minimum absolute atomic E-state index is 0.101. The second-order valence-electron chi connectivity index (χ2n) is 6.11. The van der Waals surface area contributed by atoms with Crippen molar-refractivity contribution in [3.63, 3.8) is 0 Å². The van der Waals surface area contributed by atoms with Crippen LogP contribution < -0.4 is 4.74 Å². The van der Waals surface area contributed by atoms with E-state index in [4.69, 9.17) is 9.47 Å². The zero-order chi connectivity index (χ0) is 18.7. The molecule has 0 radical (unpaired) electrons. The van der Waals surface area contributed by atoms with Gasteiger partial charge in [-0.05, 0) is 56.0 Å². The molecule has 0 saturated heterocycles. The molecule has 0 N–H and O–H groups in total. The molecule has 5 heteroatoms. The van der Waals surface area contributed by atoms with Crippen LogP contribution in [0.3, 0.4) is 0 Å². The average Bonchev–Trinajstić information content (AvgIpc) is 2.61. The molecule has 26 heavy (non-hydrogen) atoms. The summed E-state index contributed by atoms with van der Waals surface area (Å²) in [6, 6.07) is 6.60. The third-order valence-electron chi connectivity index (χ3n) is 4.23. The van der Waals surface area contributed by atoms with Gasteiger partial charge >= 0.3 is 5.97 Å². The van der Waals surface area contributed by atoms with Crippen molar-refractivity contribution in [2.75, 3.05) is 6.61 Å². The highest BCUT2D eigenvalue weighted by Crippen LogP contribution is 2.37. The molecule has 1 unspecified atom stereocenters. The standard InChI is InChI=1S/C21H20FNO3/c1-4-6-14-8-10-16-17(15-9-7-13(3)11-18(15)22)12-19(21(24)25-5-2)23-20(16)26-14/h6-7,9,11-12,14H,1,5,8,10H2,2-3H3. The smallest absolute Gasteiger partial charge is 0.357 e. The van der Waals surface area contributed by atoms with E-state index in [2.05, 4.69) is 17.3 Å². The zero-order valence-corrected chi connectivity index (χ0v) is 14.8. The first-order valence-corrected chi connectivity index (χ1v) is 8.53. The zero-order valence-electron chi connectivity index (χ0n) is 14.8. The molecule has 2 heterocycles. The largest absolute Gasteiger partial charge is 0.469 e. The van der Waals surface area contributed by atoms with E-state index in [0.717, 1.165) is 11.1 Å². The lowest BCUT2D eigenvalue weighted by atomic mass is 9.93. The summed E-state index contributed by atoms with van der Waals surface area (Å²) >= 11 is 0. The monoisotopic (exact) mass is 353 g/mol. The number of pyridine rings is 1. The number of hydrogen-bond donors (Lipinski definition) is 0. The Morgan fingerprint density at radius 2 is 2.27 bits per heavy atom. The van der Waals surface area contributed by atoms with Crippen LogP contribution in [0.15, 0.2) is 42.7 Å². The van der Waals surface area contributed by atoms with E-state index in [9.17, 15) is 9.18 Å². The van der Waals surface area contributed by atoms with Crippen molar-refractivity contribution < 1.29 is 18.7 Å². The molecule has 1 aromatic carbocycles. The Morgan fingerprint density at radius 3 is 2.96 bits per heavy atom. The Labute approximate surface area is 152 Å². The number of nitrogens with zero attached hydrogens (tertiary/aromatic N) is 1. The van der Waals surface area contributed by atoms with Gasteiger partial charge in [0, 0.05) is 11.1 Å². The fraction of sp³-hybridized carbons (Fsp3) is 0.286. The number of esters is 1. The summed E-state index contributed by atoms with van der Waals surface area (Å²) in [7, 11) is 0. The van der Waals surface area contributed by atoms with Crippen LogP contribution in [0.1, 0.15) is 35.0 Å². The maximum Gasteiger partial charge on any atom is 0.357 e. The number of hydrogen-bond acceptors (Lipinski definition) is 4. The van der Waals surface area contributed by atoms with Crippen LogP contribution in [0, 0.1) is 12.7 Å². The fourth-order valence-corrected chi connectivity index (χ4v) is 3.01. The van der Waals surface area contributed by atoms with Crippen LogP contribution in [-0.4, -0.2) is 23.7 Å². The molecule has 0 aliphatic carbocycles. The van der Waals surface area contributed by atoms with Gasteiger partial charge in [-0.2, -0.15) is 0 Å². The molecule has 0 saturated carbocycles. The lowest BCUT2D eigenvalue weighted by molar-refractivity contribution is 0.0517. The van der Waals surface area contributed by atoms with Crippen LogP contribution in [0.4, 0.5) is 4.39 Å². The van der Waals surface area contributed by atoms with Gasteiger partial charge in [-0.15, -0.1) is 5.73 Å². The summed E-state index contributed by atoms with van der Waals surface area (Å²) in [5.41, 5.74) is 5.45. The second kappa shape index (κ2) is 7.54. The molecule has 1 atom stereocenters. The highest BCUT2D eigenvalue weighted by molar-refractivity contribution is 5.90. The van der Waals surface area contributed by atoms with E-state index in [1.165, 1.54) is 6.07 Å². The molecule has 4 nitrogen and oxygen atoms in total. The maximum atomic E-state index is 14.6. The topological polar surface area (TPSA) is 48.4 Å². The molecular formula is C21H20FNO3. The molecule has 0 spiro atoms. The van der Waals surface area contributed by atoms with Crippen molar-refractivity contribution >= 4 is 5.97 Å². The van der Waals surface area contributed by atoms with Gasteiger partial charge in [0.2, 0.25) is 5.88 Å². The summed E-state index contributed by atoms with van der Waals surface area (Å²) in [5, 5.41) is 0. The minimum atomic E-state index is -0.561. The van der Waals surface area contributed by atoms with Gasteiger partial charge in [-0.1, -0.05) is 18.7 Å². The summed E-state index contributed by atoms with van der Waals surface area (Å²) in [6.45, 7) is 7.34. The SMILES string of the molecule is C=C=CC1CCc2c(-c3ccc(C)cc3F)cc(C(=O)OCC)nc2O1. The van der Waals surface area contributed by atoms with Crippen molar-refractivity contribution in [2.24, 2.45) is 0 Å². The second-order valence-corrected chi connectivity index (χ2v) is 6.11. The number of ether oxygens (including phenoxy) is 2. The van der Waals surface area contributed by atoms with Crippen LogP contribution in [0.5, 0.6) is 5.88 Å². The number of fused-ring (bicyclic) bond motifs is 1. The molecule has 0 bridgehead atoms. The lowest BCUT2D eigenvalue weighted by Crippen LogP contribution is -2.23. The van der Waals surface area contributed by atoms with Gasteiger partial charge in [-0.3, -0.25) is 0 Å². The fourth-order valence-electron chi connectivity index (χ4n) is 3.01. The number of aromatic nitrogens is 1. The number of halogens is 1. The first kappa shape index (κ1) is 17.9. The Bertz CT molecular complexity index is 900. The number of carbonyl (C=O) groups excluding carboxylic acids is 1. The lowest BCUT2D eigenvalue weighted by Gasteiger charge is -2.25. The molecule has 134 valence electrons. The third kappa shape index (κ3) is 3.53. The molecule has 2 aromatic rings. The first-order chi connectivity index (χ1) is 12.5. The molecular weight excluding hydrogens is 333 g/mol. The van der Waals surface area contributed by atoms with Crippen LogP contribution in [0.2, 0.25) is 0 Å². The summed E-state index contributed by atoms with van der Waals surface area (Å²) in [6.07, 6.45) is 2.85. The van der Waals surface area contributed by atoms with Crippen LogP contribution in [0.25, 0.3) is 11.1 Å². The molecule has 1 aliphatic heterocycles. The van der Waals surface area contributed by atoms with E-state index in [0.29, 0.717) is 29.8 Å². The molecule has 0 fully saturated rings. The Hall–Kier alpha value is -2.91. The molecule has 1 aromatic heterocycles. The molecule has 0 amide bonds. The Balaban J connectivity index is 2.16. The normalized spacial score (nSPS) is 15.4. The number of aryl methyl sites for hydroxylation is 1. The van der Waals surface area contributed by atoms with Gasteiger partial charge in [0.1, 0.15) is 11.9 Å². The molecule has 1 aliphatic rings. The third-order valence-corrected chi connectivity index (χ3v) is 4.23. The Kier molecular flexibility index (Phi) is 5.19. The highest BCUT2D eigenvalue weighted by atomic mass is 19.1. The quantitative estimate of drug-likeness (QED) is 0.603. The van der Waals surface area contributed by atoms with Crippen molar-refractivity contribution in [2.45, 2.75) is 32.8 Å². The van der Waals surface area contributed by atoms with E-state index in [1.54, 1.807) is 25.1 Å². The predicted octanol–water partition coefficient (Wildman–Crippen LogP) is 4.41. The summed E-state index contributed by atoms with van der Waals surface area (Å²) in [5.74, 6) is -0.580. The number of carbonyl (C=O) groups is 1. The van der Waals surface area contributed by atoms with Gasteiger partial charge in [-0.25, -0.2) is 14.2 Å². The van der Waals surface area contributed by atoms with Crippen molar-refractivity contribution in [1.82, 2.24) is 4.98 Å². The maximum absolute atomic E-state index is 14.6. The van der Waals surface area contributed by atoms with Gasteiger partial charge in [0.25, 0.3) is 0 Å². The van der Waals surface area contributed by atoms with Gasteiger partial charge in [0.05, 0.1) is 6.61 Å². The highest BCUT2D eigenvalue weighted by Gasteiger charge is 2.26. The van der Waals surface area contributed by atoms with Crippen molar-refractivity contribution in [3.8, 4) is 17.0 Å². The van der Waals surface area contributed by atoms with Crippen LogP contribution in [-0.2, 0) is 11.2 Å². The van der Waals surface area contributed by atoms with Crippen LogP contribution >= 0.6 is 0 Å². The average molecular weight is 353 g/mol. The van der Waals surface area contributed by atoms with E-state index in [-0.39, 0.29) is 24.2 Å². The van der Waals surface area contributed by atoms with Crippen molar-refractivity contribution in [3.05, 3.63) is 65.3 Å². The molecule has 3 rings (SSSR count). The number of benzene rings is 1. The summed E-state index contributed by atoms with van der Waals surface area (Å²) < 4.78 is 25.5. The van der Waals surface area contributed by atoms with Gasteiger partial charge < -0.3 is 9.47 Å². The van der Waals surface area contributed by atoms with E-state index < -0.39 is 5.97 Å². The van der Waals surface area contributed by atoms with E-state index in [1.807, 2.05) is 13.0 Å².